The molecule has 0 radical (unpaired) electrons. The molecule has 1 aliphatic carbocycles. The van der Waals surface area contributed by atoms with Crippen LogP contribution < -0.4 is 5.32 Å². The van der Waals surface area contributed by atoms with Gasteiger partial charge in [0.15, 0.2) is 5.96 Å². The number of nitrogens with one attached hydrogen (secondary N) is 1. The highest BCUT2D eigenvalue weighted by molar-refractivity contribution is 5.79. The number of piperidine rings is 1. The fourth-order valence-electron chi connectivity index (χ4n) is 3.02. The molecular weight excluding hydrogens is 234 g/mol. The van der Waals surface area contributed by atoms with E-state index in [0.717, 1.165) is 31.5 Å². The molecule has 0 saturated carbocycles. The Morgan fingerprint density at radius 3 is 2.79 bits per heavy atom. The van der Waals surface area contributed by atoms with E-state index in [2.05, 4.69) is 28.2 Å². The van der Waals surface area contributed by atoms with Crippen LogP contribution in [0.3, 0.4) is 0 Å². The Hall–Kier alpha value is -0.990. The molecular formula is C16H29N3. The number of hydrogen-bond acceptors (Lipinski definition) is 1. The smallest absolute Gasteiger partial charge is 0.193 e. The lowest BCUT2D eigenvalue weighted by molar-refractivity contribution is 0.273. The molecule has 0 unspecified atom stereocenters. The molecule has 108 valence electrons. The first-order valence-corrected chi connectivity index (χ1v) is 7.93. The zero-order chi connectivity index (χ0) is 13.5. The molecule has 0 aromatic heterocycles. The third kappa shape index (κ3) is 4.55. The third-order valence-electron chi connectivity index (χ3n) is 4.41. The second-order valence-corrected chi connectivity index (χ2v) is 6.00. The van der Waals surface area contributed by atoms with E-state index in [9.17, 15) is 0 Å². The highest BCUT2D eigenvalue weighted by Crippen LogP contribution is 2.19. The Kier molecular flexibility index (Phi) is 5.74. The molecule has 0 atom stereocenters. The zero-order valence-electron chi connectivity index (χ0n) is 12.6. The summed E-state index contributed by atoms with van der Waals surface area (Å²) in [4.78, 5) is 6.84. The van der Waals surface area contributed by atoms with Crippen LogP contribution >= 0.6 is 0 Å². The molecule has 1 N–H and O–H groups in total. The molecule has 2 aliphatic rings. The molecule has 1 heterocycles. The van der Waals surface area contributed by atoms with E-state index in [1.807, 2.05) is 7.05 Å². The molecule has 0 spiro atoms. The largest absolute Gasteiger partial charge is 0.356 e. The van der Waals surface area contributed by atoms with Gasteiger partial charge < -0.3 is 10.2 Å². The first-order valence-electron chi connectivity index (χ1n) is 7.93. The van der Waals surface area contributed by atoms with Crippen molar-refractivity contribution >= 4 is 5.96 Å². The topological polar surface area (TPSA) is 27.6 Å². The van der Waals surface area contributed by atoms with Gasteiger partial charge in [0, 0.05) is 26.7 Å². The Bertz CT molecular complexity index is 325. The average Bonchev–Trinajstić information content (AvgIpc) is 2.46. The Morgan fingerprint density at radius 2 is 2.16 bits per heavy atom. The number of aliphatic imine (C=N–C) groups is 1. The summed E-state index contributed by atoms with van der Waals surface area (Å²) < 4.78 is 0. The van der Waals surface area contributed by atoms with Gasteiger partial charge in [-0.25, -0.2) is 0 Å². The van der Waals surface area contributed by atoms with Crippen LogP contribution in [0.2, 0.25) is 0 Å². The van der Waals surface area contributed by atoms with Crippen LogP contribution in [0.25, 0.3) is 0 Å². The molecule has 19 heavy (non-hydrogen) atoms. The van der Waals surface area contributed by atoms with Gasteiger partial charge in [-0.05, 0) is 50.9 Å². The van der Waals surface area contributed by atoms with Crippen molar-refractivity contribution in [1.29, 1.82) is 0 Å². The van der Waals surface area contributed by atoms with Gasteiger partial charge >= 0.3 is 0 Å². The molecule has 0 amide bonds. The maximum absolute atomic E-state index is 4.43. The van der Waals surface area contributed by atoms with Crippen molar-refractivity contribution in [2.75, 3.05) is 26.7 Å². The van der Waals surface area contributed by atoms with Crippen molar-refractivity contribution < 1.29 is 0 Å². The normalized spacial score (nSPS) is 22.3. The lowest BCUT2D eigenvalue weighted by atomic mass is 9.97. The number of likely N-dealkylation sites (tertiary alicyclic amines) is 1. The fourth-order valence-corrected chi connectivity index (χ4v) is 3.02. The van der Waals surface area contributed by atoms with Gasteiger partial charge in [-0.2, -0.15) is 0 Å². The van der Waals surface area contributed by atoms with E-state index in [4.69, 9.17) is 0 Å². The van der Waals surface area contributed by atoms with Gasteiger partial charge in [0.1, 0.15) is 0 Å². The lowest BCUT2D eigenvalue weighted by Crippen LogP contribution is -2.45. The molecule has 3 heteroatoms. The van der Waals surface area contributed by atoms with Gasteiger partial charge in [-0.15, -0.1) is 0 Å². The molecule has 0 aromatic rings. The first kappa shape index (κ1) is 14.4. The Morgan fingerprint density at radius 1 is 1.37 bits per heavy atom. The number of guanidine groups is 1. The zero-order valence-corrected chi connectivity index (χ0v) is 12.6. The van der Waals surface area contributed by atoms with E-state index in [-0.39, 0.29) is 0 Å². The first-order chi connectivity index (χ1) is 9.29. The van der Waals surface area contributed by atoms with E-state index in [1.165, 1.54) is 44.9 Å². The van der Waals surface area contributed by atoms with Crippen molar-refractivity contribution in [1.82, 2.24) is 10.2 Å². The van der Waals surface area contributed by atoms with Gasteiger partial charge in [0.25, 0.3) is 0 Å². The van der Waals surface area contributed by atoms with Crippen molar-refractivity contribution in [3.63, 3.8) is 0 Å². The summed E-state index contributed by atoms with van der Waals surface area (Å²) in [6.45, 7) is 5.70. The average molecular weight is 263 g/mol. The Labute approximate surface area is 118 Å². The summed E-state index contributed by atoms with van der Waals surface area (Å²) in [5.41, 5.74) is 1.64. The molecule has 1 aliphatic heterocycles. The Balaban J connectivity index is 1.72. The molecule has 0 aromatic carbocycles. The SMILES string of the molecule is CN=C(NCCC1=CCCCC1)N1CCC(C)CC1. The van der Waals surface area contributed by atoms with Crippen molar-refractivity contribution in [3.05, 3.63) is 11.6 Å². The van der Waals surface area contributed by atoms with Crippen molar-refractivity contribution in [3.8, 4) is 0 Å². The summed E-state index contributed by atoms with van der Waals surface area (Å²) >= 11 is 0. The minimum Gasteiger partial charge on any atom is -0.356 e. The standard InChI is InChI=1S/C16H29N3/c1-14-9-12-19(13-10-14)16(17-2)18-11-8-15-6-4-3-5-7-15/h6,14H,3-5,7-13H2,1-2H3,(H,17,18). The quantitative estimate of drug-likeness (QED) is 0.481. The van der Waals surface area contributed by atoms with Gasteiger partial charge in [-0.1, -0.05) is 18.6 Å². The van der Waals surface area contributed by atoms with E-state index in [0.29, 0.717) is 0 Å². The van der Waals surface area contributed by atoms with Gasteiger partial charge in [-0.3, -0.25) is 4.99 Å². The highest BCUT2D eigenvalue weighted by Gasteiger charge is 2.18. The molecule has 3 nitrogen and oxygen atoms in total. The van der Waals surface area contributed by atoms with Gasteiger partial charge in [0.2, 0.25) is 0 Å². The second kappa shape index (κ2) is 7.56. The van der Waals surface area contributed by atoms with E-state index >= 15 is 0 Å². The van der Waals surface area contributed by atoms with Crippen LogP contribution in [0.5, 0.6) is 0 Å². The maximum Gasteiger partial charge on any atom is 0.193 e. The fraction of sp³-hybridized carbons (Fsp3) is 0.812. The molecule has 1 saturated heterocycles. The van der Waals surface area contributed by atoms with Crippen LogP contribution in [0.4, 0.5) is 0 Å². The summed E-state index contributed by atoms with van der Waals surface area (Å²) in [5, 5.41) is 3.54. The minimum absolute atomic E-state index is 0.877. The van der Waals surface area contributed by atoms with E-state index < -0.39 is 0 Å². The summed E-state index contributed by atoms with van der Waals surface area (Å²) in [6, 6.07) is 0. The van der Waals surface area contributed by atoms with Crippen LogP contribution in [0.1, 0.15) is 51.9 Å². The number of rotatable bonds is 3. The highest BCUT2D eigenvalue weighted by atomic mass is 15.3. The molecule has 1 fully saturated rings. The third-order valence-corrected chi connectivity index (χ3v) is 4.41. The minimum atomic E-state index is 0.877. The van der Waals surface area contributed by atoms with Crippen LogP contribution in [-0.2, 0) is 0 Å². The molecule has 0 bridgehead atoms. The van der Waals surface area contributed by atoms with Crippen molar-refractivity contribution in [2.24, 2.45) is 10.9 Å². The van der Waals surface area contributed by atoms with Crippen LogP contribution in [0, 0.1) is 5.92 Å². The number of hydrogen-bond donors (Lipinski definition) is 1. The maximum atomic E-state index is 4.43. The summed E-state index contributed by atoms with van der Waals surface area (Å²) in [5.74, 6) is 1.98. The monoisotopic (exact) mass is 263 g/mol. The summed E-state index contributed by atoms with van der Waals surface area (Å²) in [7, 11) is 1.90. The van der Waals surface area contributed by atoms with Crippen molar-refractivity contribution in [2.45, 2.75) is 51.9 Å². The van der Waals surface area contributed by atoms with E-state index in [1.54, 1.807) is 5.57 Å². The number of allylic oxidation sites excluding steroid dienone is 1. The second-order valence-electron chi connectivity index (χ2n) is 6.00. The predicted octanol–water partition coefficient (Wildman–Crippen LogP) is 3.18. The summed E-state index contributed by atoms with van der Waals surface area (Å²) in [6.07, 6.45) is 11.6. The van der Waals surface area contributed by atoms with Gasteiger partial charge in [0.05, 0.1) is 0 Å². The predicted molar refractivity (Wildman–Crippen MR) is 82.5 cm³/mol. The van der Waals surface area contributed by atoms with Crippen LogP contribution in [0.15, 0.2) is 16.6 Å². The molecule has 2 rings (SSSR count). The lowest BCUT2D eigenvalue weighted by Gasteiger charge is -2.33. The number of nitrogens with zero attached hydrogens (tertiary/aromatic N) is 2. The van der Waals surface area contributed by atoms with Crippen LogP contribution in [-0.4, -0.2) is 37.5 Å².